The molecule has 30 heavy (non-hydrogen) atoms. The van der Waals surface area contributed by atoms with E-state index >= 15 is 0 Å². The molecule has 3 aromatic rings. The van der Waals surface area contributed by atoms with Crippen molar-refractivity contribution >= 4 is 34.3 Å². The lowest BCUT2D eigenvalue weighted by Crippen LogP contribution is -2.52. The minimum atomic E-state index is -0.409. The van der Waals surface area contributed by atoms with Crippen molar-refractivity contribution in [2.75, 3.05) is 32.8 Å². The monoisotopic (exact) mass is 425 g/mol. The van der Waals surface area contributed by atoms with Crippen LogP contribution in [0.15, 0.2) is 59.4 Å². The van der Waals surface area contributed by atoms with Gasteiger partial charge in [0.25, 0.3) is 17.4 Å². The number of benzene rings is 2. The van der Waals surface area contributed by atoms with Gasteiger partial charge >= 0.3 is 0 Å². The van der Waals surface area contributed by atoms with E-state index in [2.05, 4.69) is 4.98 Å². The van der Waals surface area contributed by atoms with Crippen LogP contribution in [-0.2, 0) is 4.79 Å². The predicted octanol–water partition coefficient (Wildman–Crippen LogP) is 2.54. The Balaban J connectivity index is 1.35. The highest BCUT2D eigenvalue weighted by atomic mass is 35.5. The van der Waals surface area contributed by atoms with Gasteiger partial charge in [-0.2, -0.15) is 0 Å². The summed E-state index contributed by atoms with van der Waals surface area (Å²) in [5.41, 5.74) is 0.392. The Morgan fingerprint density at radius 2 is 1.63 bits per heavy atom. The number of carbonyl (C=O) groups is 2. The lowest BCUT2D eigenvalue weighted by atomic mass is 10.1. The lowest BCUT2D eigenvalue weighted by molar-refractivity contribution is -0.134. The number of amides is 2. The first-order valence-electron chi connectivity index (χ1n) is 9.59. The lowest BCUT2D eigenvalue weighted by Gasteiger charge is -2.34. The molecule has 0 radical (unpaired) electrons. The maximum Gasteiger partial charge on any atom is 0.261 e. The molecule has 8 heteroatoms. The fraction of sp³-hybridized carbons (Fsp3) is 0.227. The van der Waals surface area contributed by atoms with Crippen LogP contribution in [0.3, 0.4) is 0 Å². The number of H-pyrrole nitrogens is 1. The van der Waals surface area contributed by atoms with Gasteiger partial charge in [-0.25, -0.2) is 0 Å². The second-order valence-corrected chi connectivity index (χ2v) is 7.45. The Hall–Kier alpha value is -3.32. The molecule has 7 nitrogen and oxygen atoms in total. The summed E-state index contributed by atoms with van der Waals surface area (Å²) >= 11 is 5.83. The van der Waals surface area contributed by atoms with Crippen LogP contribution in [0.4, 0.5) is 0 Å². The van der Waals surface area contributed by atoms with Gasteiger partial charge in [-0.05, 0) is 41.8 Å². The van der Waals surface area contributed by atoms with Gasteiger partial charge in [-0.3, -0.25) is 14.4 Å². The number of para-hydroxylation sites is 1. The van der Waals surface area contributed by atoms with Gasteiger partial charge in [-0.1, -0.05) is 29.8 Å². The molecule has 1 saturated heterocycles. The van der Waals surface area contributed by atoms with Gasteiger partial charge in [0.2, 0.25) is 0 Å². The normalized spacial score (nSPS) is 14.0. The molecule has 1 aromatic heterocycles. The van der Waals surface area contributed by atoms with Gasteiger partial charge in [-0.15, -0.1) is 0 Å². The van der Waals surface area contributed by atoms with E-state index in [0.29, 0.717) is 42.5 Å². The second kappa shape index (κ2) is 8.59. The molecule has 4 rings (SSSR count). The van der Waals surface area contributed by atoms with E-state index in [9.17, 15) is 14.4 Å². The van der Waals surface area contributed by atoms with E-state index < -0.39 is 5.56 Å². The van der Waals surface area contributed by atoms with Crippen LogP contribution in [0.2, 0.25) is 5.02 Å². The zero-order valence-corrected chi connectivity index (χ0v) is 16.9. The minimum absolute atomic E-state index is 0.0834. The third kappa shape index (κ3) is 4.31. The van der Waals surface area contributed by atoms with Crippen molar-refractivity contribution in [2.45, 2.75) is 0 Å². The number of hydrogen-bond donors (Lipinski definition) is 1. The Kier molecular flexibility index (Phi) is 5.72. The molecule has 0 bridgehead atoms. The van der Waals surface area contributed by atoms with Crippen LogP contribution in [-0.4, -0.2) is 59.4 Å². The van der Waals surface area contributed by atoms with E-state index in [1.54, 1.807) is 46.2 Å². The molecular weight excluding hydrogens is 406 g/mol. The molecule has 0 saturated carbocycles. The number of carbonyl (C=O) groups excluding carboxylic acids is 2. The standard InChI is InChI=1S/C22H20ClN3O4/c23-16-5-7-17(8-6-16)30-14-20(27)25-9-11-26(12-10-25)22(29)18-13-15-3-1-2-4-19(15)24-21(18)28/h1-8,13H,9-12,14H2,(H,24,28). The first-order chi connectivity index (χ1) is 14.5. The zero-order valence-electron chi connectivity index (χ0n) is 16.1. The van der Waals surface area contributed by atoms with E-state index in [1.165, 1.54) is 0 Å². The van der Waals surface area contributed by atoms with Gasteiger partial charge in [0, 0.05) is 36.7 Å². The Labute approximate surface area is 177 Å². The molecule has 2 amide bonds. The average molecular weight is 426 g/mol. The molecule has 2 aromatic carbocycles. The molecule has 154 valence electrons. The maximum atomic E-state index is 12.8. The van der Waals surface area contributed by atoms with E-state index in [4.69, 9.17) is 16.3 Å². The number of rotatable bonds is 4. The predicted molar refractivity (Wildman–Crippen MR) is 114 cm³/mol. The number of halogens is 1. The number of nitrogens with zero attached hydrogens (tertiary/aromatic N) is 2. The SMILES string of the molecule is O=C(COc1ccc(Cl)cc1)N1CCN(C(=O)c2cc3ccccc3[nH]c2=O)CC1. The minimum Gasteiger partial charge on any atom is -0.484 e. The van der Waals surface area contributed by atoms with Crippen LogP contribution < -0.4 is 10.3 Å². The third-order valence-corrected chi connectivity index (χ3v) is 5.33. The van der Waals surface area contributed by atoms with Crippen LogP contribution in [0, 0.1) is 0 Å². The average Bonchev–Trinajstić information content (AvgIpc) is 2.77. The quantitative estimate of drug-likeness (QED) is 0.696. The molecule has 1 aliphatic rings. The molecule has 1 aliphatic heterocycles. The van der Waals surface area contributed by atoms with E-state index in [-0.39, 0.29) is 24.0 Å². The fourth-order valence-electron chi connectivity index (χ4n) is 3.40. The van der Waals surface area contributed by atoms with E-state index in [1.807, 2.05) is 18.2 Å². The molecule has 2 heterocycles. The third-order valence-electron chi connectivity index (χ3n) is 5.08. The van der Waals surface area contributed by atoms with Crippen molar-refractivity contribution in [2.24, 2.45) is 0 Å². The summed E-state index contributed by atoms with van der Waals surface area (Å²) in [5.74, 6) is 0.0872. The van der Waals surface area contributed by atoms with Gasteiger partial charge < -0.3 is 19.5 Å². The van der Waals surface area contributed by atoms with Crippen molar-refractivity contribution in [1.82, 2.24) is 14.8 Å². The summed E-state index contributed by atoms with van der Waals surface area (Å²) in [4.78, 5) is 43.6. The van der Waals surface area contributed by atoms with Crippen LogP contribution >= 0.6 is 11.6 Å². The van der Waals surface area contributed by atoms with Crippen molar-refractivity contribution in [3.8, 4) is 5.75 Å². The Morgan fingerprint density at radius 3 is 2.37 bits per heavy atom. The molecule has 1 N–H and O–H groups in total. The van der Waals surface area contributed by atoms with Crippen molar-refractivity contribution in [1.29, 1.82) is 0 Å². The largest absolute Gasteiger partial charge is 0.484 e. The summed E-state index contributed by atoms with van der Waals surface area (Å²) in [5, 5.41) is 1.40. The van der Waals surface area contributed by atoms with Gasteiger partial charge in [0.05, 0.1) is 0 Å². The number of aromatic amines is 1. The van der Waals surface area contributed by atoms with Crippen LogP contribution in [0.25, 0.3) is 10.9 Å². The molecular formula is C22H20ClN3O4. The first kappa shape index (κ1) is 20.0. The molecule has 0 spiro atoms. The van der Waals surface area contributed by atoms with Crippen LogP contribution in [0.5, 0.6) is 5.75 Å². The maximum absolute atomic E-state index is 12.8. The van der Waals surface area contributed by atoms with E-state index in [0.717, 1.165) is 5.39 Å². The summed E-state index contributed by atoms with van der Waals surface area (Å²) in [6.07, 6.45) is 0. The number of pyridine rings is 1. The molecule has 0 aliphatic carbocycles. The number of hydrogen-bond acceptors (Lipinski definition) is 4. The number of aromatic nitrogens is 1. The summed E-state index contributed by atoms with van der Waals surface area (Å²) < 4.78 is 5.50. The molecule has 0 atom stereocenters. The Bertz CT molecular complexity index is 1140. The highest BCUT2D eigenvalue weighted by Gasteiger charge is 2.26. The zero-order chi connectivity index (χ0) is 21.1. The second-order valence-electron chi connectivity index (χ2n) is 7.01. The first-order valence-corrected chi connectivity index (χ1v) is 9.96. The summed E-state index contributed by atoms with van der Waals surface area (Å²) in [6.45, 7) is 1.41. The number of ether oxygens (including phenoxy) is 1. The van der Waals surface area contributed by atoms with Gasteiger partial charge in [0.15, 0.2) is 6.61 Å². The smallest absolute Gasteiger partial charge is 0.261 e. The molecule has 0 unspecified atom stereocenters. The highest BCUT2D eigenvalue weighted by molar-refractivity contribution is 6.30. The summed E-state index contributed by atoms with van der Waals surface area (Å²) in [6, 6.07) is 15.7. The van der Waals surface area contributed by atoms with Crippen molar-refractivity contribution in [3.05, 3.63) is 75.5 Å². The Morgan fingerprint density at radius 1 is 0.967 bits per heavy atom. The number of fused-ring (bicyclic) bond motifs is 1. The topological polar surface area (TPSA) is 82.7 Å². The number of nitrogens with one attached hydrogen (secondary N) is 1. The number of piperazine rings is 1. The fourth-order valence-corrected chi connectivity index (χ4v) is 3.53. The summed E-state index contributed by atoms with van der Waals surface area (Å²) in [7, 11) is 0. The molecule has 1 fully saturated rings. The van der Waals surface area contributed by atoms with Crippen molar-refractivity contribution in [3.63, 3.8) is 0 Å². The van der Waals surface area contributed by atoms with Crippen molar-refractivity contribution < 1.29 is 14.3 Å². The van der Waals surface area contributed by atoms with Gasteiger partial charge in [0.1, 0.15) is 11.3 Å². The highest BCUT2D eigenvalue weighted by Crippen LogP contribution is 2.16. The van der Waals surface area contributed by atoms with Crippen LogP contribution in [0.1, 0.15) is 10.4 Å².